The molecule has 0 radical (unpaired) electrons. The Hall–Kier alpha value is -4.44. The Morgan fingerprint density at radius 2 is 0.796 bits per heavy atom. The van der Waals surface area contributed by atoms with E-state index < -0.39 is 13.9 Å². The highest BCUT2D eigenvalue weighted by Gasteiger charge is 2.49. The summed E-state index contributed by atoms with van der Waals surface area (Å²) in [6.07, 6.45) is 0. The van der Waals surface area contributed by atoms with E-state index in [9.17, 15) is 5.11 Å². The van der Waals surface area contributed by atoms with Crippen molar-refractivity contribution >= 4 is 51.4 Å². The second kappa shape index (κ2) is 10.5. The van der Waals surface area contributed by atoms with Crippen molar-refractivity contribution in [3.8, 4) is 16.9 Å². The first-order valence-electron chi connectivity index (χ1n) is 17.6. The van der Waals surface area contributed by atoms with Crippen LogP contribution in [-0.2, 0) is 16.4 Å². The summed E-state index contributed by atoms with van der Waals surface area (Å²) in [6.45, 7) is 20.4. The molecule has 0 fully saturated rings. The molecule has 49 heavy (non-hydrogen) atoms. The molecule has 7 aromatic carbocycles. The SMILES string of the molecule is CC(C)(C)c1cc(C2(O)c3c(c4ccccc4c4ccccc34)-c3c2c2ccccc2c2ccccc32)cc(C(C)(C)C)c1O[Si](C)(C)C. The molecule has 0 bridgehead atoms. The van der Waals surface area contributed by atoms with Gasteiger partial charge in [0.15, 0.2) is 0 Å². The minimum atomic E-state index is -2.00. The summed E-state index contributed by atoms with van der Waals surface area (Å²) in [7, 11) is -2.00. The quantitative estimate of drug-likeness (QED) is 0.151. The first-order chi connectivity index (χ1) is 23.1. The van der Waals surface area contributed by atoms with E-state index in [1.54, 1.807) is 0 Å². The van der Waals surface area contributed by atoms with Crippen LogP contribution in [0.4, 0.5) is 0 Å². The van der Waals surface area contributed by atoms with Crippen LogP contribution in [0.25, 0.3) is 54.2 Å². The van der Waals surface area contributed by atoms with Crippen LogP contribution < -0.4 is 4.43 Å². The molecule has 0 spiro atoms. The molecule has 246 valence electrons. The average Bonchev–Trinajstić information content (AvgIpc) is 3.34. The minimum absolute atomic E-state index is 0.234. The first-order valence-corrected chi connectivity index (χ1v) is 21.0. The van der Waals surface area contributed by atoms with Crippen LogP contribution in [0, 0.1) is 0 Å². The highest BCUT2D eigenvalue weighted by molar-refractivity contribution is 6.70. The van der Waals surface area contributed by atoms with E-state index in [4.69, 9.17) is 4.43 Å². The van der Waals surface area contributed by atoms with E-state index in [2.05, 4.69) is 170 Å². The third-order valence-corrected chi connectivity index (χ3v) is 11.2. The number of hydrogen-bond acceptors (Lipinski definition) is 2. The molecule has 0 atom stereocenters. The molecular weight excluding hydrogens is 613 g/mol. The number of rotatable bonds is 3. The van der Waals surface area contributed by atoms with Crippen molar-refractivity contribution in [1.29, 1.82) is 0 Å². The summed E-state index contributed by atoms with van der Waals surface area (Å²) < 4.78 is 7.02. The Balaban J connectivity index is 1.66. The molecule has 0 saturated carbocycles. The molecule has 0 unspecified atom stereocenters. The summed E-state index contributed by atoms with van der Waals surface area (Å²) >= 11 is 0. The van der Waals surface area contributed by atoms with E-state index >= 15 is 0 Å². The van der Waals surface area contributed by atoms with Gasteiger partial charge in [0, 0.05) is 11.1 Å². The Labute approximate surface area is 291 Å². The highest BCUT2D eigenvalue weighted by atomic mass is 28.4. The van der Waals surface area contributed by atoms with Gasteiger partial charge in [-0.05, 0) is 114 Å². The Morgan fingerprint density at radius 1 is 0.490 bits per heavy atom. The molecule has 1 aliphatic rings. The summed E-state index contributed by atoms with van der Waals surface area (Å²) in [4.78, 5) is 0. The number of aliphatic hydroxyl groups is 1. The Kier molecular flexibility index (Phi) is 6.83. The third kappa shape index (κ3) is 4.70. The normalized spacial score (nSPS) is 14.5. The van der Waals surface area contributed by atoms with Crippen molar-refractivity contribution in [2.24, 2.45) is 0 Å². The van der Waals surface area contributed by atoms with Gasteiger partial charge in [-0.2, -0.15) is 0 Å². The molecule has 0 aromatic heterocycles. The van der Waals surface area contributed by atoms with E-state index in [0.29, 0.717) is 0 Å². The van der Waals surface area contributed by atoms with Crippen molar-refractivity contribution in [2.45, 2.75) is 77.6 Å². The first kappa shape index (κ1) is 31.8. The van der Waals surface area contributed by atoms with Crippen LogP contribution in [0.5, 0.6) is 5.75 Å². The second-order valence-electron chi connectivity index (χ2n) is 17.0. The lowest BCUT2D eigenvalue weighted by Gasteiger charge is -2.37. The maximum Gasteiger partial charge on any atom is 0.242 e. The molecule has 1 aliphatic carbocycles. The van der Waals surface area contributed by atoms with Crippen LogP contribution in [0.1, 0.15) is 69.4 Å². The average molecular weight is 659 g/mol. The van der Waals surface area contributed by atoms with Crippen molar-refractivity contribution in [3.05, 3.63) is 137 Å². The van der Waals surface area contributed by atoms with Gasteiger partial charge in [0.1, 0.15) is 11.4 Å². The van der Waals surface area contributed by atoms with Crippen molar-refractivity contribution < 1.29 is 9.53 Å². The zero-order chi connectivity index (χ0) is 34.7. The number of fused-ring (bicyclic) bond motifs is 13. The predicted molar refractivity (Wildman–Crippen MR) is 212 cm³/mol. The minimum Gasteiger partial charge on any atom is -0.544 e. The van der Waals surface area contributed by atoms with Gasteiger partial charge in [0.2, 0.25) is 8.32 Å². The smallest absolute Gasteiger partial charge is 0.242 e. The summed E-state index contributed by atoms with van der Waals surface area (Å²) in [5.74, 6) is 0.983. The molecule has 0 saturated heterocycles. The van der Waals surface area contributed by atoms with Gasteiger partial charge in [-0.1, -0.05) is 139 Å². The third-order valence-electron chi connectivity index (χ3n) is 10.4. The van der Waals surface area contributed by atoms with Crippen LogP contribution in [-0.4, -0.2) is 13.4 Å². The molecule has 1 N–H and O–H groups in total. The number of hydrogen-bond donors (Lipinski definition) is 1. The van der Waals surface area contributed by atoms with E-state index in [1.165, 1.54) is 21.5 Å². The fourth-order valence-electron chi connectivity index (χ4n) is 8.34. The van der Waals surface area contributed by atoms with E-state index in [1.807, 2.05) is 0 Å². The Morgan fingerprint density at radius 3 is 1.12 bits per heavy atom. The number of benzene rings is 7. The monoisotopic (exact) mass is 658 g/mol. The predicted octanol–water partition coefficient (Wildman–Crippen LogP) is 12.4. The largest absolute Gasteiger partial charge is 0.544 e. The Bertz CT molecular complexity index is 2320. The molecule has 0 amide bonds. The van der Waals surface area contributed by atoms with E-state index in [0.717, 1.165) is 66.2 Å². The summed E-state index contributed by atoms with van der Waals surface area (Å²) in [5.41, 5.74) is 5.45. The van der Waals surface area contributed by atoms with Crippen LogP contribution in [0.2, 0.25) is 19.6 Å². The van der Waals surface area contributed by atoms with Crippen LogP contribution in [0.15, 0.2) is 109 Å². The van der Waals surface area contributed by atoms with Gasteiger partial charge < -0.3 is 9.53 Å². The molecule has 8 rings (SSSR count). The van der Waals surface area contributed by atoms with Gasteiger partial charge in [-0.25, -0.2) is 0 Å². The van der Waals surface area contributed by atoms with Gasteiger partial charge in [0.25, 0.3) is 0 Å². The van der Waals surface area contributed by atoms with Gasteiger partial charge in [-0.15, -0.1) is 0 Å². The lowest BCUT2D eigenvalue weighted by Crippen LogP contribution is -2.34. The summed E-state index contributed by atoms with van der Waals surface area (Å²) in [6, 6.07) is 39.3. The zero-order valence-corrected chi connectivity index (χ0v) is 31.2. The van der Waals surface area contributed by atoms with Crippen LogP contribution in [0.3, 0.4) is 0 Å². The molecule has 0 heterocycles. The standard InChI is InChI=1S/C46H46O2Si/c1-44(2,3)37-26-28(27-38(45(4,5)6)43(37)48-49(7,8)9)46(47)41-35-24-16-12-20-31(35)29-18-10-14-22-33(29)39(41)40-34-23-15-11-19-30(34)32-21-13-17-25-36(32)42(40)46/h10-27,47H,1-9H3. The molecule has 0 aliphatic heterocycles. The summed E-state index contributed by atoms with van der Waals surface area (Å²) in [5, 5.41) is 23.5. The highest BCUT2D eigenvalue weighted by Crippen LogP contribution is 2.61. The fraction of sp³-hybridized carbons (Fsp3) is 0.261. The maximum atomic E-state index is 14.3. The lowest BCUT2D eigenvalue weighted by molar-refractivity contribution is 0.133. The second-order valence-corrected chi connectivity index (χ2v) is 21.4. The van der Waals surface area contributed by atoms with Gasteiger partial charge in [-0.3, -0.25) is 0 Å². The van der Waals surface area contributed by atoms with Crippen molar-refractivity contribution in [2.75, 3.05) is 0 Å². The van der Waals surface area contributed by atoms with Crippen LogP contribution >= 0.6 is 0 Å². The van der Waals surface area contributed by atoms with Gasteiger partial charge in [0.05, 0.1) is 0 Å². The molecule has 7 aromatic rings. The maximum absolute atomic E-state index is 14.3. The van der Waals surface area contributed by atoms with Crippen molar-refractivity contribution in [1.82, 2.24) is 0 Å². The zero-order valence-electron chi connectivity index (χ0n) is 30.2. The van der Waals surface area contributed by atoms with Gasteiger partial charge >= 0.3 is 0 Å². The van der Waals surface area contributed by atoms with Crippen molar-refractivity contribution in [3.63, 3.8) is 0 Å². The molecule has 3 heteroatoms. The molecular formula is C46H46O2Si. The lowest BCUT2D eigenvalue weighted by atomic mass is 9.73. The fourth-order valence-corrected chi connectivity index (χ4v) is 9.17. The van der Waals surface area contributed by atoms with E-state index in [-0.39, 0.29) is 10.8 Å². The topological polar surface area (TPSA) is 29.5 Å². The molecule has 2 nitrogen and oxygen atoms in total.